The third-order valence-electron chi connectivity index (χ3n) is 4.81. The summed E-state index contributed by atoms with van der Waals surface area (Å²) < 4.78 is 17.3. The molecule has 0 amide bonds. The molecule has 0 radical (unpaired) electrons. The van der Waals surface area contributed by atoms with Crippen LogP contribution in [0.1, 0.15) is 25.0 Å². The van der Waals surface area contributed by atoms with Crippen LogP contribution in [0.5, 0.6) is 0 Å². The second kappa shape index (κ2) is 5.43. The molecular weight excluding hydrogens is 304 g/mol. The van der Waals surface area contributed by atoms with Crippen LogP contribution in [0.2, 0.25) is 0 Å². The van der Waals surface area contributed by atoms with E-state index in [0.717, 1.165) is 11.1 Å². The minimum atomic E-state index is -0.850. The van der Waals surface area contributed by atoms with Crippen molar-refractivity contribution in [2.24, 2.45) is 0 Å². The molecule has 4 rings (SSSR count). The van der Waals surface area contributed by atoms with Crippen molar-refractivity contribution in [2.75, 3.05) is 6.61 Å². The molecule has 124 valence electrons. The standard InChI is InChI=1S/C20H20O4/c1-19(2)22-13-16(24-19)17-20(18(21)23-17,14-9-5-3-6-10-14)15-11-7-4-8-12-15/h3-12,16-17H,13H2,1-2H3/t16-,17-/m1/s1. The molecule has 0 unspecified atom stereocenters. The van der Waals surface area contributed by atoms with Gasteiger partial charge in [-0.25, -0.2) is 0 Å². The summed E-state index contributed by atoms with van der Waals surface area (Å²) in [4.78, 5) is 12.8. The zero-order valence-electron chi connectivity index (χ0n) is 13.8. The quantitative estimate of drug-likeness (QED) is 0.814. The first-order valence-corrected chi connectivity index (χ1v) is 8.18. The second-order valence-corrected chi connectivity index (χ2v) is 6.73. The highest BCUT2D eigenvalue weighted by Gasteiger charge is 2.64. The fraction of sp³-hybridized carbons (Fsp3) is 0.350. The zero-order chi connectivity index (χ0) is 16.8. The summed E-state index contributed by atoms with van der Waals surface area (Å²) in [6, 6.07) is 19.6. The average Bonchev–Trinajstić information content (AvgIpc) is 2.94. The van der Waals surface area contributed by atoms with Crippen LogP contribution in [0, 0.1) is 0 Å². The molecule has 2 heterocycles. The topological polar surface area (TPSA) is 44.8 Å². The van der Waals surface area contributed by atoms with Gasteiger partial charge in [-0.15, -0.1) is 0 Å². The molecule has 2 aliphatic heterocycles. The highest BCUT2D eigenvalue weighted by atomic mass is 16.8. The Balaban J connectivity index is 1.82. The molecule has 0 bridgehead atoms. The van der Waals surface area contributed by atoms with Gasteiger partial charge in [0.05, 0.1) is 6.61 Å². The van der Waals surface area contributed by atoms with Gasteiger partial charge in [-0.05, 0) is 25.0 Å². The van der Waals surface area contributed by atoms with Crippen LogP contribution in [0.3, 0.4) is 0 Å². The van der Waals surface area contributed by atoms with Gasteiger partial charge in [0.15, 0.2) is 17.3 Å². The van der Waals surface area contributed by atoms with Gasteiger partial charge in [0, 0.05) is 0 Å². The molecule has 24 heavy (non-hydrogen) atoms. The van der Waals surface area contributed by atoms with Crippen LogP contribution in [-0.2, 0) is 24.4 Å². The fourth-order valence-electron chi connectivity index (χ4n) is 3.71. The number of benzene rings is 2. The molecule has 2 aromatic rings. The van der Waals surface area contributed by atoms with Crippen LogP contribution in [0.15, 0.2) is 60.7 Å². The molecule has 4 nitrogen and oxygen atoms in total. The number of carbonyl (C=O) groups excluding carboxylic acids is 1. The lowest BCUT2D eigenvalue weighted by Gasteiger charge is -2.49. The number of carbonyl (C=O) groups is 1. The van der Waals surface area contributed by atoms with E-state index in [4.69, 9.17) is 14.2 Å². The number of cyclic esters (lactones) is 1. The van der Waals surface area contributed by atoms with Crippen LogP contribution < -0.4 is 0 Å². The molecule has 0 aliphatic carbocycles. The third-order valence-corrected chi connectivity index (χ3v) is 4.81. The number of hydrogen-bond acceptors (Lipinski definition) is 4. The summed E-state index contributed by atoms with van der Waals surface area (Å²) in [5.74, 6) is -0.899. The predicted octanol–water partition coefficient (Wildman–Crippen LogP) is 3.05. The first kappa shape index (κ1) is 15.4. The summed E-state index contributed by atoms with van der Waals surface area (Å²) in [6.45, 7) is 4.16. The van der Waals surface area contributed by atoms with Crippen molar-refractivity contribution in [1.82, 2.24) is 0 Å². The van der Waals surface area contributed by atoms with Gasteiger partial charge in [-0.2, -0.15) is 0 Å². The predicted molar refractivity (Wildman–Crippen MR) is 88.4 cm³/mol. The number of esters is 1. The first-order chi connectivity index (χ1) is 11.5. The van der Waals surface area contributed by atoms with Gasteiger partial charge in [0.1, 0.15) is 6.10 Å². The molecule has 2 saturated heterocycles. The second-order valence-electron chi connectivity index (χ2n) is 6.73. The molecule has 4 heteroatoms. The van der Waals surface area contributed by atoms with Gasteiger partial charge >= 0.3 is 5.97 Å². The van der Waals surface area contributed by atoms with E-state index >= 15 is 0 Å². The van der Waals surface area contributed by atoms with E-state index < -0.39 is 17.3 Å². The van der Waals surface area contributed by atoms with Crippen LogP contribution >= 0.6 is 0 Å². The summed E-state index contributed by atoms with van der Waals surface area (Å²) in [7, 11) is 0. The minimum absolute atomic E-state index is 0.238. The van der Waals surface area contributed by atoms with Gasteiger partial charge in [-0.3, -0.25) is 4.79 Å². The number of ether oxygens (including phenoxy) is 3. The lowest BCUT2D eigenvalue weighted by atomic mass is 9.65. The van der Waals surface area contributed by atoms with Crippen molar-refractivity contribution in [2.45, 2.75) is 37.3 Å². The molecule has 0 aromatic heterocycles. The van der Waals surface area contributed by atoms with Crippen molar-refractivity contribution in [3.05, 3.63) is 71.8 Å². The van der Waals surface area contributed by atoms with Crippen molar-refractivity contribution < 1.29 is 19.0 Å². The van der Waals surface area contributed by atoms with E-state index in [0.29, 0.717) is 6.61 Å². The highest BCUT2D eigenvalue weighted by Crippen LogP contribution is 2.49. The Bertz CT molecular complexity index is 699. The lowest BCUT2D eigenvalue weighted by molar-refractivity contribution is -0.211. The first-order valence-electron chi connectivity index (χ1n) is 8.18. The molecule has 2 aliphatic rings. The lowest BCUT2D eigenvalue weighted by Crippen LogP contribution is -2.65. The van der Waals surface area contributed by atoms with Crippen molar-refractivity contribution in [3.8, 4) is 0 Å². The van der Waals surface area contributed by atoms with E-state index in [9.17, 15) is 4.79 Å². The van der Waals surface area contributed by atoms with E-state index in [1.54, 1.807) is 0 Å². The van der Waals surface area contributed by atoms with Gasteiger partial charge < -0.3 is 14.2 Å². The van der Waals surface area contributed by atoms with E-state index in [2.05, 4.69) is 0 Å². The molecular formula is C20H20O4. The maximum atomic E-state index is 12.8. The van der Waals surface area contributed by atoms with Crippen molar-refractivity contribution in [3.63, 3.8) is 0 Å². The Hall–Kier alpha value is -2.17. The maximum absolute atomic E-state index is 12.8. The highest BCUT2D eigenvalue weighted by molar-refractivity contribution is 5.94. The zero-order valence-corrected chi connectivity index (χ0v) is 13.8. The average molecular weight is 324 g/mol. The monoisotopic (exact) mass is 324 g/mol. The van der Waals surface area contributed by atoms with Gasteiger partial charge in [0.25, 0.3) is 0 Å². The Morgan fingerprint density at radius 1 is 0.917 bits per heavy atom. The van der Waals surface area contributed by atoms with Crippen molar-refractivity contribution in [1.29, 1.82) is 0 Å². The third kappa shape index (κ3) is 2.18. The summed E-state index contributed by atoms with van der Waals surface area (Å²) in [5.41, 5.74) is 0.994. The van der Waals surface area contributed by atoms with E-state index in [-0.39, 0.29) is 12.1 Å². The molecule has 0 N–H and O–H groups in total. The Morgan fingerprint density at radius 3 is 1.88 bits per heavy atom. The molecule has 2 aromatic carbocycles. The van der Waals surface area contributed by atoms with Crippen LogP contribution in [-0.4, -0.2) is 30.6 Å². The molecule has 2 fully saturated rings. The smallest absolute Gasteiger partial charge is 0.325 e. The number of rotatable bonds is 3. The van der Waals surface area contributed by atoms with Gasteiger partial charge in [-0.1, -0.05) is 60.7 Å². The fourth-order valence-corrected chi connectivity index (χ4v) is 3.71. The molecule has 0 spiro atoms. The number of hydrogen-bond donors (Lipinski definition) is 0. The SMILES string of the molecule is CC1(C)OC[C@H]([C@H]2OC(=O)C2(c2ccccc2)c2ccccc2)O1. The Morgan fingerprint density at radius 2 is 1.46 bits per heavy atom. The maximum Gasteiger partial charge on any atom is 0.325 e. The van der Waals surface area contributed by atoms with Crippen molar-refractivity contribution >= 4 is 5.97 Å². The Kier molecular flexibility index (Phi) is 3.48. The summed E-state index contributed by atoms with van der Waals surface area (Å²) >= 11 is 0. The summed E-state index contributed by atoms with van der Waals surface area (Å²) in [5, 5.41) is 0. The Labute approximate surface area is 141 Å². The van der Waals surface area contributed by atoms with Crippen LogP contribution in [0.25, 0.3) is 0 Å². The normalized spacial score (nSPS) is 27.3. The molecule has 0 saturated carbocycles. The van der Waals surface area contributed by atoms with Crippen LogP contribution in [0.4, 0.5) is 0 Å². The minimum Gasteiger partial charge on any atom is -0.457 e. The van der Waals surface area contributed by atoms with Gasteiger partial charge in [0.2, 0.25) is 0 Å². The van der Waals surface area contributed by atoms with E-state index in [1.807, 2.05) is 74.5 Å². The largest absolute Gasteiger partial charge is 0.457 e. The molecule has 2 atom stereocenters. The van der Waals surface area contributed by atoms with E-state index in [1.165, 1.54) is 0 Å². The summed E-state index contributed by atoms with van der Waals surface area (Å²) in [6.07, 6.45) is -0.699.